The van der Waals surface area contributed by atoms with Crippen molar-refractivity contribution in [1.29, 1.82) is 0 Å². The standard InChI is InChI=1S/C21H19FN2O2/c1-2-26-18-12-10-16(11-13-18)21(25)24(20-9-5-6-14-23-20)15-17-7-3-4-8-19(17)22/h3-14H,2,15H2,1H3. The largest absolute Gasteiger partial charge is 0.494 e. The molecule has 0 aliphatic rings. The number of aromatic nitrogens is 1. The van der Waals surface area contributed by atoms with E-state index in [9.17, 15) is 9.18 Å². The van der Waals surface area contributed by atoms with Crippen LogP contribution in [0.2, 0.25) is 0 Å². The SMILES string of the molecule is CCOc1ccc(C(=O)N(Cc2ccccc2F)c2ccccn2)cc1. The Hall–Kier alpha value is -3.21. The molecule has 0 bridgehead atoms. The van der Waals surface area contributed by atoms with Crippen molar-refractivity contribution in [3.8, 4) is 5.75 Å². The molecule has 0 spiro atoms. The summed E-state index contributed by atoms with van der Waals surface area (Å²) in [4.78, 5) is 18.8. The van der Waals surface area contributed by atoms with E-state index in [1.165, 1.54) is 11.0 Å². The molecule has 0 aliphatic carbocycles. The molecule has 5 heteroatoms. The number of halogens is 1. The zero-order chi connectivity index (χ0) is 18.4. The van der Waals surface area contributed by atoms with E-state index >= 15 is 0 Å². The quantitative estimate of drug-likeness (QED) is 0.659. The summed E-state index contributed by atoms with van der Waals surface area (Å²) in [6, 6.07) is 18.6. The van der Waals surface area contributed by atoms with Crippen LogP contribution in [0.25, 0.3) is 0 Å². The van der Waals surface area contributed by atoms with Crippen molar-refractivity contribution in [2.45, 2.75) is 13.5 Å². The average molecular weight is 350 g/mol. The average Bonchev–Trinajstić information content (AvgIpc) is 2.68. The Morgan fingerprint density at radius 3 is 2.42 bits per heavy atom. The van der Waals surface area contributed by atoms with Crippen molar-refractivity contribution in [2.75, 3.05) is 11.5 Å². The van der Waals surface area contributed by atoms with Gasteiger partial charge in [0.05, 0.1) is 13.2 Å². The summed E-state index contributed by atoms with van der Waals surface area (Å²) < 4.78 is 19.5. The van der Waals surface area contributed by atoms with Crippen LogP contribution in [0, 0.1) is 5.82 Å². The van der Waals surface area contributed by atoms with Gasteiger partial charge in [0.15, 0.2) is 0 Å². The zero-order valence-corrected chi connectivity index (χ0v) is 14.4. The van der Waals surface area contributed by atoms with Crippen LogP contribution in [0.4, 0.5) is 10.2 Å². The van der Waals surface area contributed by atoms with Gasteiger partial charge in [0.25, 0.3) is 5.91 Å². The maximum atomic E-state index is 14.1. The lowest BCUT2D eigenvalue weighted by molar-refractivity contribution is 0.0984. The molecule has 3 aromatic rings. The van der Waals surface area contributed by atoms with Gasteiger partial charge in [0.1, 0.15) is 17.4 Å². The van der Waals surface area contributed by atoms with E-state index in [1.807, 2.05) is 6.92 Å². The van der Waals surface area contributed by atoms with Gasteiger partial charge in [0.2, 0.25) is 0 Å². The number of pyridine rings is 1. The summed E-state index contributed by atoms with van der Waals surface area (Å²) in [5.41, 5.74) is 0.910. The van der Waals surface area contributed by atoms with E-state index in [1.54, 1.807) is 66.9 Å². The van der Waals surface area contributed by atoms with E-state index in [0.29, 0.717) is 29.3 Å². The van der Waals surface area contributed by atoms with E-state index < -0.39 is 0 Å². The van der Waals surface area contributed by atoms with Gasteiger partial charge in [-0.2, -0.15) is 0 Å². The lowest BCUT2D eigenvalue weighted by Gasteiger charge is -2.22. The minimum absolute atomic E-state index is 0.0930. The second kappa shape index (κ2) is 8.25. The van der Waals surface area contributed by atoms with Crippen LogP contribution >= 0.6 is 0 Å². The highest BCUT2D eigenvalue weighted by atomic mass is 19.1. The minimum Gasteiger partial charge on any atom is -0.494 e. The van der Waals surface area contributed by atoms with Gasteiger partial charge in [0, 0.05) is 17.3 Å². The highest BCUT2D eigenvalue weighted by Crippen LogP contribution is 2.20. The first-order valence-corrected chi connectivity index (χ1v) is 8.38. The second-order valence-electron chi connectivity index (χ2n) is 5.63. The Labute approximate surface area is 151 Å². The number of rotatable bonds is 6. The molecule has 4 nitrogen and oxygen atoms in total. The van der Waals surface area contributed by atoms with Crippen LogP contribution in [0.15, 0.2) is 72.9 Å². The van der Waals surface area contributed by atoms with Crippen molar-refractivity contribution < 1.29 is 13.9 Å². The molecule has 0 saturated carbocycles. The molecule has 0 N–H and O–H groups in total. The normalized spacial score (nSPS) is 10.4. The number of amides is 1. The van der Waals surface area contributed by atoms with Crippen molar-refractivity contribution in [3.63, 3.8) is 0 Å². The third kappa shape index (κ3) is 4.06. The molecule has 132 valence electrons. The van der Waals surface area contributed by atoms with Gasteiger partial charge < -0.3 is 4.74 Å². The molecule has 0 aliphatic heterocycles. The first-order valence-electron chi connectivity index (χ1n) is 8.38. The molecule has 3 rings (SSSR count). The van der Waals surface area contributed by atoms with Crippen molar-refractivity contribution >= 4 is 11.7 Å². The monoisotopic (exact) mass is 350 g/mol. The zero-order valence-electron chi connectivity index (χ0n) is 14.4. The fraction of sp³-hybridized carbons (Fsp3) is 0.143. The summed E-state index contributed by atoms with van der Waals surface area (Å²) in [6.07, 6.45) is 1.61. The molecule has 1 heterocycles. The Kier molecular flexibility index (Phi) is 5.59. The van der Waals surface area contributed by atoms with Crippen molar-refractivity contribution in [3.05, 3.63) is 89.9 Å². The first-order chi connectivity index (χ1) is 12.7. The maximum Gasteiger partial charge on any atom is 0.259 e. The van der Waals surface area contributed by atoms with Gasteiger partial charge in [-0.15, -0.1) is 0 Å². The highest BCUT2D eigenvalue weighted by Gasteiger charge is 2.20. The Bertz CT molecular complexity index is 867. The third-order valence-corrected chi connectivity index (χ3v) is 3.87. The van der Waals surface area contributed by atoms with Crippen LogP contribution in [-0.2, 0) is 6.54 Å². The Balaban J connectivity index is 1.92. The smallest absolute Gasteiger partial charge is 0.259 e. The van der Waals surface area contributed by atoms with Crippen LogP contribution < -0.4 is 9.64 Å². The molecule has 0 saturated heterocycles. The number of carbonyl (C=O) groups is 1. The predicted octanol–water partition coefficient (Wildman–Crippen LogP) is 4.47. The molecule has 0 unspecified atom stereocenters. The molecular weight excluding hydrogens is 331 g/mol. The lowest BCUT2D eigenvalue weighted by atomic mass is 10.1. The number of nitrogens with zero attached hydrogens (tertiary/aromatic N) is 2. The van der Waals surface area contributed by atoms with E-state index in [0.717, 1.165) is 0 Å². The predicted molar refractivity (Wildman–Crippen MR) is 98.8 cm³/mol. The van der Waals surface area contributed by atoms with E-state index in [2.05, 4.69) is 4.98 Å². The minimum atomic E-state index is -0.354. The molecular formula is C21H19FN2O2. The molecule has 0 fully saturated rings. The summed E-state index contributed by atoms with van der Waals surface area (Å²) >= 11 is 0. The van der Waals surface area contributed by atoms with Crippen LogP contribution in [-0.4, -0.2) is 17.5 Å². The fourth-order valence-electron chi connectivity index (χ4n) is 2.58. The van der Waals surface area contributed by atoms with E-state index in [4.69, 9.17) is 4.74 Å². The summed E-state index contributed by atoms with van der Waals surface area (Å²) in [5, 5.41) is 0. The van der Waals surface area contributed by atoms with Gasteiger partial charge >= 0.3 is 0 Å². The lowest BCUT2D eigenvalue weighted by Crippen LogP contribution is -2.31. The number of carbonyl (C=O) groups excluding carboxylic acids is 1. The van der Waals surface area contributed by atoms with Crippen molar-refractivity contribution in [2.24, 2.45) is 0 Å². The van der Waals surface area contributed by atoms with Gasteiger partial charge in [-0.25, -0.2) is 9.37 Å². The van der Waals surface area contributed by atoms with Gasteiger partial charge in [-0.3, -0.25) is 9.69 Å². The molecule has 0 atom stereocenters. The molecule has 2 aromatic carbocycles. The summed E-state index contributed by atoms with van der Waals surface area (Å²) in [5.74, 6) is 0.556. The number of benzene rings is 2. The van der Waals surface area contributed by atoms with Crippen LogP contribution in [0.3, 0.4) is 0 Å². The molecule has 26 heavy (non-hydrogen) atoms. The van der Waals surface area contributed by atoms with Gasteiger partial charge in [-0.1, -0.05) is 24.3 Å². The summed E-state index contributed by atoms with van der Waals surface area (Å²) in [6.45, 7) is 2.55. The number of ether oxygens (including phenoxy) is 1. The van der Waals surface area contributed by atoms with E-state index in [-0.39, 0.29) is 18.3 Å². The maximum absolute atomic E-state index is 14.1. The highest BCUT2D eigenvalue weighted by molar-refractivity contribution is 6.05. The summed E-state index contributed by atoms with van der Waals surface area (Å²) in [7, 11) is 0. The fourth-order valence-corrected chi connectivity index (χ4v) is 2.58. The second-order valence-corrected chi connectivity index (χ2v) is 5.63. The number of hydrogen-bond donors (Lipinski definition) is 0. The van der Waals surface area contributed by atoms with Gasteiger partial charge in [-0.05, 0) is 49.4 Å². The van der Waals surface area contributed by atoms with Crippen molar-refractivity contribution in [1.82, 2.24) is 4.98 Å². The number of hydrogen-bond acceptors (Lipinski definition) is 3. The molecule has 1 amide bonds. The number of anilines is 1. The Morgan fingerprint density at radius 1 is 1.04 bits per heavy atom. The topological polar surface area (TPSA) is 42.4 Å². The Morgan fingerprint density at radius 2 is 1.77 bits per heavy atom. The first kappa shape index (κ1) is 17.6. The molecule has 1 aromatic heterocycles. The molecule has 0 radical (unpaired) electrons. The van der Waals surface area contributed by atoms with Crippen LogP contribution in [0.5, 0.6) is 5.75 Å². The van der Waals surface area contributed by atoms with Crippen LogP contribution in [0.1, 0.15) is 22.8 Å². The third-order valence-electron chi connectivity index (χ3n) is 3.87.